The van der Waals surface area contributed by atoms with Crippen molar-refractivity contribution in [2.75, 3.05) is 6.54 Å². The minimum absolute atomic E-state index is 0.257. The van der Waals surface area contributed by atoms with Crippen molar-refractivity contribution in [3.05, 3.63) is 63.2 Å². The Morgan fingerprint density at radius 2 is 2.11 bits per heavy atom. The van der Waals surface area contributed by atoms with Crippen molar-refractivity contribution in [2.45, 2.75) is 19.9 Å². The van der Waals surface area contributed by atoms with Gasteiger partial charge >= 0.3 is 0 Å². The summed E-state index contributed by atoms with van der Waals surface area (Å²) in [6.45, 7) is 3.15. The fourth-order valence-corrected chi connectivity index (χ4v) is 3.05. The van der Waals surface area contributed by atoms with Gasteiger partial charge in [-0.05, 0) is 55.5 Å². The van der Waals surface area contributed by atoms with Crippen LogP contribution in [0.3, 0.4) is 0 Å². The van der Waals surface area contributed by atoms with E-state index < -0.39 is 0 Å². The van der Waals surface area contributed by atoms with Crippen molar-refractivity contribution < 1.29 is 9.53 Å². The topological polar surface area (TPSA) is 84.8 Å². The Morgan fingerprint density at radius 1 is 1.33 bits per heavy atom. The molecule has 0 radical (unpaired) electrons. The maximum absolute atomic E-state index is 12.6. The lowest BCUT2D eigenvalue weighted by atomic mass is 10.2. The van der Waals surface area contributed by atoms with Gasteiger partial charge in [0.05, 0.1) is 0 Å². The molecule has 7 nitrogen and oxygen atoms in total. The van der Waals surface area contributed by atoms with Gasteiger partial charge in [0.25, 0.3) is 5.91 Å². The molecule has 0 aliphatic heterocycles. The van der Waals surface area contributed by atoms with E-state index >= 15 is 0 Å². The van der Waals surface area contributed by atoms with E-state index in [1.807, 2.05) is 23.6 Å². The summed E-state index contributed by atoms with van der Waals surface area (Å²) in [5, 5.41) is 9.83. The lowest BCUT2D eigenvalue weighted by Gasteiger charge is -2.10. The normalized spacial score (nSPS) is 10.6. The first-order chi connectivity index (χ1) is 13.1. The number of rotatable bonds is 7. The number of halogens is 1. The van der Waals surface area contributed by atoms with E-state index in [0.29, 0.717) is 29.0 Å². The molecule has 2 aromatic heterocycles. The van der Waals surface area contributed by atoms with Crippen LogP contribution in [-0.2, 0) is 13.0 Å². The van der Waals surface area contributed by atoms with E-state index in [9.17, 15) is 4.79 Å². The van der Waals surface area contributed by atoms with Crippen LogP contribution in [0.25, 0.3) is 0 Å². The summed E-state index contributed by atoms with van der Waals surface area (Å²) < 4.78 is 9.18. The summed E-state index contributed by atoms with van der Waals surface area (Å²) in [6.07, 6.45) is 2.15. The van der Waals surface area contributed by atoms with E-state index in [4.69, 9.17) is 17.0 Å². The number of ether oxygens (including phenoxy) is 1. The molecule has 2 heterocycles. The Balaban J connectivity index is 1.66. The highest BCUT2D eigenvalue weighted by Crippen LogP contribution is 2.24. The number of carbonyl (C=O) groups is 1. The molecule has 0 fully saturated rings. The third kappa shape index (κ3) is 4.81. The third-order valence-electron chi connectivity index (χ3n) is 3.83. The number of nitrogens with one attached hydrogen (secondary N) is 2. The minimum atomic E-state index is -0.257. The first-order valence-electron chi connectivity index (χ1n) is 8.39. The third-order valence-corrected chi connectivity index (χ3v) is 4.67. The average Bonchev–Trinajstić information content (AvgIpc) is 3.03. The van der Waals surface area contributed by atoms with Gasteiger partial charge in [-0.3, -0.25) is 9.89 Å². The Labute approximate surface area is 169 Å². The van der Waals surface area contributed by atoms with Crippen LogP contribution in [0.5, 0.6) is 11.6 Å². The molecule has 1 aromatic carbocycles. The highest BCUT2D eigenvalue weighted by atomic mass is 79.9. The maximum atomic E-state index is 12.6. The summed E-state index contributed by atoms with van der Waals surface area (Å²) in [7, 11) is 0. The Morgan fingerprint density at radius 3 is 2.85 bits per heavy atom. The molecular weight excluding hydrogens is 430 g/mol. The molecule has 0 atom stereocenters. The molecule has 0 aliphatic carbocycles. The Bertz CT molecular complexity index is 984. The molecule has 3 aromatic rings. The molecule has 2 N–H and O–H groups in total. The van der Waals surface area contributed by atoms with Crippen LogP contribution in [0.4, 0.5) is 0 Å². The van der Waals surface area contributed by atoms with Gasteiger partial charge in [-0.15, -0.1) is 0 Å². The van der Waals surface area contributed by atoms with E-state index in [0.717, 1.165) is 16.8 Å². The number of H-pyrrole nitrogens is 1. The van der Waals surface area contributed by atoms with E-state index in [2.05, 4.69) is 36.4 Å². The summed E-state index contributed by atoms with van der Waals surface area (Å²) in [4.78, 5) is 16.7. The van der Waals surface area contributed by atoms with Crippen LogP contribution in [0.15, 0.2) is 47.1 Å². The molecule has 0 unspecified atom stereocenters. The number of benzene rings is 1. The second-order valence-electron chi connectivity index (χ2n) is 5.61. The number of carbonyl (C=O) groups excluding carboxylic acids is 1. The molecule has 0 saturated carbocycles. The summed E-state index contributed by atoms with van der Waals surface area (Å²) in [5.74, 6) is 1.41. The predicted molar refractivity (Wildman–Crippen MR) is 108 cm³/mol. The lowest BCUT2D eigenvalue weighted by molar-refractivity contribution is 0.0951. The van der Waals surface area contributed by atoms with Gasteiger partial charge in [-0.1, -0.05) is 15.9 Å². The zero-order valence-electron chi connectivity index (χ0n) is 14.6. The van der Waals surface area contributed by atoms with Crippen molar-refractivity contribution >= 4 is 34.1 Å². The van der Waals surface area contributed by atoms with E-state index in [1.165, 1.54) is 0 Å². The van der Waals surface area contributed by atoms with Crippen LogP contribution in [0.1, 0.15) is 23.1 Å². The van der Waals surface area contributed by atoms with Gasteiger partial charge in [-0.2, -0.15) is 5.10 Å². The van der Waals surface area contributed by atoms with E-state index in [1.54, 1.807) is 30.5 Å². The Kier molecular flexibility index (Phi) is 6.36. The second-order valence-corrected chi connectivity index (χ2v) is 6.91. The smallest absolute Gasteiger partial charge is 0.256 e. The van der Waals surface area contributed by atoms with Crippen molar-refractivity contribution in [3.8, 4) is 11.6 Å². The minimum Gasteiger partial charge on any atom is -0.438 e. The molecule has 3 rings (SSSR count). The van der Waals surface area contributed by atoms with Crippen molar-refractivity contribution in [2.24, 2.45) is 0 Å². The van der Waals surface area contributed by atoms with Gasteiger partial charge in [0.15, 0.2) is 4.77 Å². The van der Waals surface area contributed by atoms with E-state index in [-0.39, 0.29) is 11.8 Å². The molecular formula is C18H18BrN5O2S. The first-order valence-corrected chi connectivity index (χ1v) is 9.59. The van der Waals surface area contributed by atoms with Gasteiger partial charge in [0.1, 0.15) is 17.1 Å². The number of amides is 1. The number of hydrogen-bond donors (Lipinski definition) is 2. The number of aromatic nitrogens is 4. The van der Waals surface area contributed by atoms with Crippen molar-refractivity contribution in [1.82, 2.24) is 25.1 Å². The number of pyridine rings is 1. The molecule has 0 aliphatic rings. The summed E-state index contributed by atoms with van der Waals surface area (Å²) in [5.41, 5.74) is 0.370. The highest BCUT2D eigenvalue weighted by Gasteiger charge is 2.14. The van der Waals surface area contributed by atoms with Gasteiger partial charge in [-0.25, -0.2) is 4.98 Å². The molecule has 9 heteroatoms. The molecule has 0 saturated heterocycles. The largest absolute Gasteiger partial charge is 0.438 e. The second kappa shape index (κ2) is 8.92. The predicted octanol–water partition coefficient (Wildman–Crippen LogP) is 3.88. The van der Waals surface area contributed by atoms with Crippen LogP contribution in [-0.4, -0.2) is 32.2 Å². The van der Waals surface area contributed by atoms with Crippen LogP contribution >= 0.6 is 28.1 Å². The SMILES string of the molecule is CCn1c(CCNC(=O)c2cccnc2Oc2ccc(Br)cc2)n[nH]c1=S. The number of aromatic amines is 1. The van der Waals surface area contributed by atoms with Crippen molar-refractivity contribution in [1.29, 1.82) is 0 Å². The zero-order valence-corrected chi connectivity index (χ0v) is 17.0. The lowest BCUT2D eigenvalue weighted by Crippen LogP contribution is -2.27. The van der Waals surface area contributed by atoms with Gasteiger partial charge in [0, 0.05) is 30.2 Å². The quantitative estimate of drug-likeness (QED) is 0.536. The van der Waals surface area contributed by atoms with Crippen LogP contribution in [0.2, 0.25) is 0 Å². The molecule has 1 amide bonds. The highest BCUT2D eigenvalue weighted by molar-refractivity contribution is 9.10. The summed E-state index contributed by atoms with van der Waals surface area (Å²) in [6, 6.07) is 10.7. The monoisotopic (exact) mass is 447 g/mol. The molecule has 140 valence electrons. The molecule has 27 heavy (non-hydrogen) atoms. The summed E-state index contributed by atoms with van der Waals surface area (Å²) >= 11 is 8.54. The van der Waals surface area contributed by atoms with Crippen molar-refractivity contribution in [3.63, 3.8) is 0 Å². The standard InChI is InChI=1S/C18H18BrN5O2S/c1-2-24-15(22-23-18(24)27)9-11-20-16(25)14-4-3-10-21-17(14)26-13-7-5-12(19)6-8-13/h3-8,10H,2,9,11H2,1H3,(H,20,25)(H,23,27). The van der Waals surface area contributed by atoms with Gasteiger partial charge < -0.3 is 14.6 Å². The maximum Gasteiger partial charge on any atom is 0.256 e. The molecule has 0 bridgehead atoms. The van der Waals surface area contributed by atoms with Crippen LogP contribution < -0.4 is 10.1 Å². The fourth-order valence-electron chi connectivity index (χ4n) is 2.51. The average molecular weight is 448 g/mol. The Hall–Kier alpha value is -2.52. The van der Waals surface area contributed by atoms with Gasteiger partial charge in [0.2, 0.25) is 5.88 Å². The fraction of sp³-hybridized carbons (Fsp3) is 0.222. The molecule has 0 spiro atoms. The number of hydrogen-bond acceptors (Lipinski definition) is 5. The zero-order chi connectivity index (χ0) is 19.2. The van der Waals surface area contributed by atoms with Crippen LogP contribution in [0, 0.1) is 4.77 Å². The first kappa shape index (κ1) is 19.2. The number of nitrogens with zero attached hydrogens (tertiary/aromatic N) is 3.